The number of benzene rings is 1. The highest BCUT2D eigenvalue weighted by atomic mass is 127. The van der Waals surface area contributed by atoms with Crippen LogP contribution in [0.1, 0.15) is 32.6 Å². The normalized spacial score (nSPS) is 25.5. The minimum atomic E-state index is 0.704. The number of anilines is 1. The Kier molecular flexibility index (Phi) is 3.89. The van der Waals surface area contributed by atoms with Gasteiger partial charge >= 0.3 is 0 Å². The van der Waals surface area contributed by atoms with Gasteiger partial charge in [-0.2, -0.15) is 0 Å². The molecule has 0 heterocycles. The van der Waals surface area contributed by atoms with Gasteiger partial charge < -0.3 is 5.32 Å². The third-order valence-electron chi connectivity index (χ3n) is 3.33. The van der Waals surface area contributed by atoms with Crippen LogP contribution < -0.4 is 5.32 Å². The fourth-order valence-electron chi connectivity index (χ4n) is 2.36. The minimum absolute atomic E-state index is 0.704. The number of rotatable bonds is 3. The molecule has 1 aliphatic rings. The van der Waals surface area contributed by atoms with Gasteiger partial charge in [-0.25, -0.2) is 0 Å². The Bertz CT molecular complexity index is 307. The van der Waals surface area contributed by atoms with Crippen LogP contribution >= 0.6 is 22.6 Å². The summed E-state index contributed by atoms with van der Waals surface area (Å²) in [6.45, 7) is 2.30. The van der Waals surface area contributed by atoms with Gasteiger partial charge in [0.25, 0.3) is 0 Å². The van der Waals surface area contributed by atoms with E-state index >= 15 is 0 Å². The fourth-order valence-corrected chi connectivity index (χ4v) is 2.72. The van der Waals surface area contributed by atoms with Crippen molar-refractivity contribution in [1.82, 2.24) is 0 Å². The van der Waals surface area contributed by atoms with Gasteiger partial charge in [0.05, 0.1) is 0 Å². The summed E-state index contributed by atoms with van der Waals surface area (Å²) in [6, 6.07) is 9.39. The third kappa shape index (κ3) is 3.10. The van der Waals surface area contributed by atoms with E-state index in [-0.39, 0.29) is 0 Å². The Morgan fingerprint density at radius 3 is 2.60 bits per heavy atom. The van der Waals surface area contributed by atoms with Crippen molar-refractivity contribution < 1.29 is 0 Å². The van der Waals surface area contributed by atoms with E-state index in [2.05, 4.69) is 59.1 Å². The molecule has 1 aliphatic carbocycles. The highest BCUT2D eigenvalue weighted by Gasteiger charge is 2.22. The zero-order chi connectivity index (χ0) is 10.7. The van der Waals surface area contributed by atoms with Gasteiger partial charge in [0.2, 0.25) is 0 Å². The van der Waals surface area contributed by atoms with E-state index in [4.69, 9.17) is 0 Å². The molecular weight excluding hydrogens is 297 g/mol. The summed E-state index contributed by atoms with van der Waals surface area (Å²) in [5, 5.41) is 3.63. The van der Waals surface area contributed by atoms with Crippen molar-refractivity contribution in [1.29, 1.82) is 0 Å². The maximum Gasteiger partial charge on any atom is 0.0343 e. The maximum absolute atomic E-state index is 3.63. The molecule has 0 aliphatic heterocycles. The van der Waals surface area contributed by atoms with E-state index in [0.717, 1.165) is 5.92 Å². The van der Waals surface area contributed by atoms with Crippen molar-refractivity contribution in [3.63, 3.8) is 0 Å². The van der Waals surface area contributed by atoms with E-state index in [1.165, 1.54) is 34.9 Å². The molecule has 1 saturated carbocycles. The van der Waals surface area contributed by atoms with Gasteiger partial charge in [0.1, 0.15) is 0 Å². The Hall–Kier alpha value is -0.250. The van der Waals surface area contributed by atoms with Crippen molar-refractivity contribution in [2.75, 3.05) is 5.32 Å². The van der Waals surface area contributed by atoms with E-state index in [1.54, 1.807) is 0 Å². The number of hydrogen-bond acceptors (Lipinski definition) is 1. The van der Waals surface area contributed by atoms with Crippen LogP contribution in [-0.4, -0.2) is 6.04 Å². The van der Waals surface area contributed by atoms with E-state index in [1.807, 2.05) is 0 Å². The predicted octanol–water partition coefficient (Wildman–Crippen LogP) is 4.28. The summed E-state index contributed by atoms with van der Waals surface area (Å²) in [6.07, 6.45) is 5.43. The largest absolute Gasteiger partial charge is 0.382 e. The molecule has 1 aromatic rings. The Morgan fingerprint density at radius 2 is 2.00 bits per heavy atom. The Balaban J connectivity index is 1.90. The molecule has 82 valence electrons. The molecule has 1 N–H and O–H groups in total. The van der Waals surface area contributed by atoms with Crippen molar-refractivity contribution in [2.45, 2.75) is 38.6 Å². The van der Waals surface area contributed by atoms with Crippen molar-refractivity contribution in [3.8, 4) is 0 Å². The first-order valence-electron chi connectivity index (χ1n) is 5.80. The molecule has 0 saturated heterocycles. The Morgan fingerprint density at radius 1 is 1.27 bits per heavy atom. The van der Waals surface area contributed by atoms with Crippen LogP contribution in [-0.2, 0) is 0 Å². The molecule has 0 radical (unpaired) electrons. The third-order valence-corrected chi connectivity index (χ3v) is 4.05. The zero-order valence-electron chi connectivity index (χ0n) is 9.17. The van der Waals surface area contributed by atoms with Crippen LogP contribution in [0.3, 0.4) is 0 Å². The number of nitrogens with one attached hydrogen (secondary N) is 1. The van der Waals surface area contributed by atoms with Gasteiger partial charge in [-0.15, -0.1) is 0 Å². The van der Waals surface area contributed by atoms with E-state index < -0.39 is 0 Å². The smallest absolute Gasteiger partial charge is 0.0343 e. The summed E-state index contributed by atoms with van der Waals surface area (Å²) in [7, 11) is 0. The molecule has 1 nitrogen and oxygen atoms in total. The number of halogens is 1. The molecule has 1 fully saturated rings. The molecule has 0 aromatic heterocycles. The predicted molar refractivity (Wildman–Crippen MR) is 74.2 cm³/mol. The average molecular weight is 315 g/mol. The van der Waals surface area contributed by atoms with Crippen LogP contribution in [0.25, 0.3) is 0 Å². The summed E-state index contributed by atoms with van der Waals surface area (Å²) >= 11 is 2.34. The second kappa shape index (κ2) is 5.19. The van der Waals surface area contributed by atoms with E-state index in [9.17, 15) is 0 Å². The Labute approximate surface area is 106 Å². The molecule has 15 heavy (non-hydrogen) atoms. The van der Waals surface area contributed by atoms with Crippen LogP contribution in [0.4, 0.5) is 5.69 Å². The van der Waals surface area contributed by atoms with Crippen LogP contribution in [0.2, 0.25) is 0 Å². The summed E-state index contributed by atoms with van der Waals surface area (Å²) in [5.41, 5.74) is 1.28. The van der Waals surface area contributed by atoms with Gasteiger partial charge in [0.15, 0.2) is 0 Å². The van der Waals surface area contributed by atoms with Crippen molar-refractivity contribution >= 4 is 28.3 Å². The highest BCUT2D eigenvalue weighted by molar-refractivity contribution is 14.1. The molecule has 0 spiro atoms. The SMILES string of the molecule is CCC1CCC(Nc2ccc(I)cc2)C1. The minimum Gasteiger partial charge on any atom is -0.382 e. The lowest BCUT2D eigenvalue weighted by Crippen LogP contribution is -2.15. The summed E-state index contributed by atoms with van der Waals surface area (Å²) in [4.78, 5) is 0. The monoisotopic (exact) mass is 315 g/mol. The molecular formula is C13H18IN. The molecule has 2 heteroatoms. The summed E-state index contributed by atoms with van der Waals surface area (Å²) in [5.74, 6) is 0.950. The van der Waals surface area contributed by atoms with Gasteiger partial charge in [0, 0.05) is 15.3 Å². The standard InChI is InChI=1S/C13H18IN/c1-2-10-3-6-13(9-10)15-12-7-4-11(14)5-8-12/h4-5,7-8,10,13,15H,2-3,6,9H2,1H3. The van der Waals surface area contributed by atoms with E-state index in [0.29, 0.717) is 6.04 Å². The van der Waals surface area contributed by atoms with Crippen LogP contribution in [0.5, 0.6) is 0 Å². The summed E-state index contributed by atoms with van der Waals surface area (Å²) < 4.78 is 1.30. The second-order valence-electron chi connectivity index (χ2n) is 4.44. The van der Waals surface area contributed by atoms with Crippen LogP contribution in [0, 0.1) is 9.49 Å². The van der Waals surface area contributed by atoms with Crippen molar-refractivity contribution in [2.24, 2.45) is 5.92 Å². The maximum atomic E-state index is 3.63. The first-order chi connectivity index (χ1) is 7.28. The quantitative estimate of drug-likeness (QED) is 0.821. The van der Waals surface area contributed by atoms with Crippen molar-refractivity contribution in [3.05, 3.63) is 27.8 Å². The number of hydrogen-bond donors (Lipinski definition) is 1. The first kappa shape index (κ1) is 11.2. The molecule has 2 rings (SSSR count). The average Bonchev–Trinajstić information content (AvgIpc) is 2.69. The molecule has 1 aromatic carbocycles. The molecule has 0 amide bonds. The molecule has 2 unspecified atom stereocenters. The first-order valence-corrected chi connectivity index (χ1v) is 6.88. The van der Waals surface area contributed by atoms with Crippen LogP contribution in [0.15, 0.2) is 24.3 Å². The fraction of sp³-hybridized carbons (Fsp3) is 0.538. The topological polar surface area (TPSA) is 12.0 Å². The zero-order valence-corrected chi connectivity index (χ0v) is 11.3. The van der Waals surface area contributed by atoms with Gasteiger partial charge in [-0.05, 0) is 72.0 Å². The lowest BCUT2D eigenvalue weighted by molar-refractivity contribution is 0.525. The lowest BCUT2D eigenvalue weighted by atomic mass is 10.1. The second-order valence-corrected chi connectivity index (χ2v) is 5.68. The van der Waals surface area contributed by atoms with Gasteiger partial charge in [-0.1, -0.05) is 13.3 Å². The molecule has 0 bridgehead atoms. The van der Waals surface area contributed by atoms with Gasteiger partial charge in [-0.3, -0.25) is 0 Å². The lowest BCUT2D eigenvalue weighted by Gasteiger charge is -2.14. The molecule has 2 atom stereocenters. The highest BCUT2D eigenvalue weighted by Crippen LogP contribution is 2.30.